The number of carbonyl (C=O) groups is 2. The van der Waals surface area contributed by atoms with E-state index in [1.165, 1.54) is 19.2 Å². The highest BCUT2D eigenvalue weighted by Gasteiger charge is 2.23. The van der Waals surface area contributed by atoms with Gasteiger partial charge in [0.05, 0.1) is 18.2 Å². The molecular weight excluding hydrogens is 332 g/mol. The standard InChI is InChI=1S/C21H20O5/c1-3-4-8-18-19(20(23)13-6-5-7-15(22)11-13)16-12-14(21(24)25-2)9-10-17(16)26-18/h5-7,9-12,22H,3-4,8H2,1-2H3. The maximum Gasteiger partial charge on any atom is 0.337 e. The number of hydrogen-bond donors (Lipinski definition) is 1. The zero-order valence-electron chi connectivity index (χ0n) is 14.7. The van der Waals surface area contributed by atoms with E-state index in [0.29, 0.717) is 39.8 Å². The molecule has 0 fully saturated rings. The van der Waals surface area contributed by atoms with Crippen molar-refractivity contribution >= 4 is 22.7 Å². The number of carbonyl (C=O) groups excluding carboxylic acids is 2. The van der Waals surface area contributed by atoms with E-state index >= 15 is 0 Å². The largest absolute Gasteiger partial charge is 0.508 e. The molecule has 1 heterocycles. The minimum atomic E-state index is -0.473. The second kappa shape index (κ2) is 7.44. The molecule has 3 rings (SSSR count). The smallest absolute Gasteiger partial charge is 0.337 e. The van der Waals surface area contributed by atoms with E-state index in [-0.39, 0.29) is 11.5 Å². The molecular formula is C21H20O5. The fraction of sp³-hybridized carbons (Fsp3) is 0.238. The number of esters is 1. The Hall–Kier alpha value is -3.08. The molecule has 0 aliphatic heterocycles. The maximum atomic E-state index is 13.1. The number of rotatable bonds is 6. The number of methoxy groups -OCH3 is 1. The molecule has 0 amide bonds. The van der Waals surface area contributed by atoms with Crippen LogP contribution in [0.3, 0.4) is 0 Å². The number of benzene rings is 2. The van der Waals surface area contributed by atoms with Crippen LogP contribution in [-0.2, 0) is 11.2 Å². The van der Waals surface area contributed by atoms with Gasteiger partial charge in [-0.25, -0.2) is 4.79 Å². The number of phenolic OH excluding ortho intramolecular Hbond substituents is 1. The highest BCUT2D eigenvalue weighted by atomic mass is 16.5. The summed E-state index contributed by atoms with van der Waals surface area (Å²) in [6.07, 6.45) is 2.47. The molecule has 1 N–H and O–H groups in total. The Morgan fingerprint density at radius 2 is 1.92 bits per heavy atom. The minimum Gasteiger partial charge on any atom is -0.508 e. The van der Waals surface area contributed by atoms with Crippen LogP contribution in [0.4, 0.5) is 0 Å². The summed E-state index contributed by atoms with van der Waals surface area (Å²) in [5, 5.41) is 10.3. The topological polar surface area (TPSA) is 76.7 Å². The normalized spacial score (nSPS) is 10.8. The molecule has 0 saturated heterocycles. The number of aromatic hydroxyl groups is 1. The fourth-order valence-corrected chi connectivity index (χ4v) is 2.95. The Labute approximate surface area is 151 Å². The van der Waals surface area contributed by atoms with E-state index in [0.717, 1.165) is 12.8 Å². The van der Waals surface area contributed by atoms with Gasteiger partial charge in [0.1, 0.15) is 17.1 Å². The van der Waals surface area contributed by atoms with Crippen LogP contribution in [0.1, 0.15) is 51.8 Å². The summed E-state index contributed by atoms with van der Waals surface area (Å²) >= 11 is 0. The number of ketones is 1. The first-order chi connectivity index (χ1) is 12.5. The number of furan rings is 1. The van der Waals surface area contributed by atoms with Gasteiger partial charge < -0.3 is 14.3 Å². The number of fused-ring (bicyclic) bond motifs is 1. The van der Waals surface area contributed by atoms with Crippen molar-refractivity contribution in [2.75, 3.05) is 7.11 Å². The average molecular weight is 352 g/mol. The second-order valence-electron chi connectivity index (χ2n) is 6.09. The highest BCUT2D eigenvalue weighted by Crippen LogP contribution is 2.31. The number of aryl methyl sites for hydroxylation is 1. The molecule has 0 radical (unpaired) electrons. The molecule has 3 aromatic rings. The number of ether oxygens (including phenoxy) is 1. The molecule has 0 aliphatic carbocycles. The Balaban J connectivity index is 2.18. The van der Waals surface area contributed by atoms with Crippen molar-refractivity contribution in [1.82, 2.24) is 0 Å². The zero-order valence-corrected chi connectivity index (χ0v) is 14.7. The molecule has 5 nitrogen and oxygen atoms in total. The van der Waals surface area contributed by atoms with Gasteiger partial charge in [-0.1, -0.05) is 25.5 Å². The average Bonchev–Trinajstić information content (AvgIpc) is 3.02. The molecule has 0 atom stereocenters. The monoisotopic (exact) mass is 352 g/mol. The first-order valence-electron chi connectivity index (χ1n) is 8.52. The Morgan fingerprint density at radius 3 is 2.62 bits per heavy atom. The first kappa shape index (κ1) is 17.7. The molecule has 0 bridgehead atoms. The van der Waals surface area contributed by atoms with Gasteiger partial charge in [-0.05, 0) is 36.8 Å². The van der Waals surface area contributed by atoms with Gasteiger partial charge in [0.15, 0.2) is 5.78 Å². The van der Waals surface area contributed by atoms with E-state index in [2.05, 4.69) is 6.92 Å². The van der Waals surface area contributed by atoms with Gasteiger partial charge in [0.2, 0.25) is 0 Å². The van der Waals surface area contributed by atoms with Crippen molar-refractivity contribution < 1.29 is 23.8 Å². The van der Waals surface area contributed by atoms with Crippen molar-refractivity contribution in [3.8, 4) is 5.75 Å². The van der Waals surface area contributed by atoms with E-state index in [9.17, 15) is 14.7 Å². The third-order valence-electron chi connectivity index (χ3n) is 4.27. The summed E-state index contributed by atoms with van der Waals surface area (Å²) in [5.41, 5.74) is 1.71. The Morgan fingerprint density at radius 1 is 1.12 bits per heavy atom. The van der Waals surface area contributed by atoms with Crippen LogP contribution in [0.2, 0.25) is 0 Å². The highest BCUT2D eigenvalue weighted by molar-refractivity contribution is 6.17. The number of hydrogen-bond acceptors (Lipinski definition) is 5. The van der Waals surface area contributed by atoms with Crippen LogP contribution in [0, 0.1) is 0 Å². The quantitative estimate of drug-likeness (QED) is 0.522. The fourth-order valence-electron chi connectivity index (χ4n) is 2.95. The third-order valence-corrected chi connectivity index (χ3v) is 4.27. The lowest BCUT2D eigenvalue weighted by Crippen LogP contribution is -2.05. The SMILES string of the molecule is CCCCc1oc2ccc(C(=O)OC)cc2c1C(=O)c1cccc(O)c1. The van der Waals surface area contributed by atoms with Crippen LogP contribution in [-0.4, -0.2) is 24.0 Å². The summed E-state index contributed by atoms with van der Waals surface area (Å²) in [6, 6.07) is 11.1. The second-order valence-corrected chi connectivity index (χ2v) is 6.09. The molecule has 5 heteroatoms. The zero-order chi connectivity index (χ0) is 18.7. The predicted molar refractivity (Wildman–Crippen MR) is 97.7 cm³/mol. The van der Waals surface area contributed by atoms with Crippen molar-refractivity contribution in [1.29, 1.82) is 0 Å². The van der Waals surface area contributed by atoms with Gasteiger partial charge in [-0.3, -0.25) is 4.79 Å². The van der Waals surface area contributed by atoms with Gasteiger partial charge >= 0.3 is 5.97 Å². The van der Waals surface area contributed by atoms with Gasteiger partial charge in [0.25, 0.3) is 0 Å². The molecule has 134 valence electrons. The Bertz CT molecular complexity index is 968. The summed E-state index contributed by atoms with van der Waals surface area (Å²) in [5.74, 6) is -0.0991. The maximum absolute atomic E-state index is 13.1. The molecule has 1 aromatic heterocycles. The minimum absolute atomic E-state index is 0.0222. The first-order valence-corrected chi connectivity index (χ1v) is 8.52. The summed E-state index contributed by atoms with van der Waals surface area (Å²) < 4.78 is 10.7. The van der Waals surface area contributed by atoms with E-state index in [1.54, 1.807) is 30.3 Å². The number of unbranched alkanes of at least 4 members (excludes halogenated alkanes) is 1. The van der Waals surface area contributed by atoms with Crippen molar-refractivity contribution in [3.63, 3.8) is 0 Å². The molecule has 26 heavy (non-hydrogen) atoms. The van der Waals surface area contributed by atoms with Crippen molar-refractivity contribution in [2.24, 2.45) is 0 Å². The van der Waals surface area contributed by atoms with Crippen LogP contribution in [0.5, 0.6) is 5.75 Å². The lowest BCUT2D eigenvalue weighted by Gasteiger charge is -2.04. The van der Waals surface area contributed by atoms with Crippen LogP contribution in [0.15, 0.2) is 46.9 Å². The third kappa shape index (κ3) is 3.33. The van der Waals surface area contributed by atoms with E-state index in [4.69, 9.17) is 9.15 Å². The summed E-state index contributed by atoms with van der Waals surface area (Å²) in [7, 11) is 1.31. The van der Waals surface area contributed by atoms with E-state index in [1.807, 2.05) is 0 Å². The van der Waals surface area contributed by atoms with Gasteiger partial charge in [-0.2, -0.15) is 0 Å². The molecule has 0 aliphatic rings. The lowest BCUT2D eigenvalue weighted by molar-refractivity contribution is 0.0600. The predicted octanol–water partition coefficient (Wildman–Crippen LogP) is 4.50. The molecule has 0 unspecified atom stereocenters. The van der Waals surface area contributed by atoms with Crippen LogP contribution < -0.4 is 0 Å². The van der Waals surface area contributed by atoms with Crippen molar-refractivity contribution in [3.05, 3.63) is 64.9 Å². The van der Waals surface area contributed by atoms with E-state index < -0.39 is 5.97 Å². The molecule has 0 saturated carbocycles. The lowest BCUT2D eigenvalue weighted by atomic mass is 9.97. The van der Waals surface area contributed by atoms with Crippen molar-refractivity contribution in [2.45, 2.75) is 26.2 Å². The molecule has 2 aromatic carbocycles. The number of phenols is 1. The van der Waals surface area contributed by atoms with Gasteiger partial charge in [0, 0.05) is 17.4 Å². The Kier molecular flexibility index (Phi) is 5.07. The summed E-state index contributed by atoms with van der Waals surface area (Å²) in [4.78, 5) is 25.0. The van der Waals surface area contributed by atoms with Crippen LogP contribution >= 0.6 is 0 Å². The summed E-state index contributed by atoms with van der Waals surface area (Å²) in [6.45, 7) is 2.06. The van der Waals surface area contributed by atoms with Crippen LogP contribution in [0.25, 0.3) is 11.0 Å². The molecule has 0 spiro atoms. The van der Waals surface area contributed by atoms with Gasteiger partial charge in [-0.15, -0.1) is 0 Å².